The molecule has 0 saturated carbocycles. The second-order valence-corrected chi connectivity index (χ2v) is 5.61. The SMILES string of the molecule is Nc1c(Br)cccc1Sc1ccc(Cl)cc1. The number of nitrogens with two attached hydrogens (primary N) is 1. The molecule has 0 amide bonds. The van der Waals surface area contributed by atoms with Crippen molar-refractivity contribution in [1.29, 1.82) is 0 Å². The van der Waals surface area contributed by atoms with Crippen LogP contribution in [0.3, 0.4) is 0 Å². The zero-order chi connectivity index (χ0) is 11.5. The summed E-state index contributed by atoms with van der Waals surface area (Å²) in [5.41, 5.74) is 6.73. The molecule has 0 bridgehead atoms. The molecule has 0 aliphatic carbocycles. The number of hydrogen-bond acceptors (Lipinski definition) is 2. The zero-order valence-corrected chi connectivity index (χ0v) is 11.4. The monoisotopic (exact) mass is 313 g/mol. The second-order valence-electron chi connectivity index (χ2n) is 3.21. The van der Waals surface area contributed by atoms with Gasteiger partial charge in [0.25, 0.3) is 0 Å². The summed E-state index contributed by atoms with van der Waals surface area (Å²) in [5, 5.41) is 0.742. The average Bonchev–Trinajstić information content (AvgIpc) is 2.28. The summed E-state index contributed by atoms with van der Waals surface area (Å²) < 4.78 is 0.923. The van der Waals surface area contributed by atoms with Gasteiger partial charge in [-0.25, -0.2) is 0 Å². The van der Waals surface area contributed by atoms with E-state index in [4.69, 9.17) is 17.3 Å². The molecule has 0 atom stereocenters. The Morgan fingerprint density at radius 3 is 2.44 bits per heavy atom. The maximum atomic E-state index is 5.97. The highest BCUT2D eigenvalue weighted by atomic mass is 79.9. The number of nitrogen functional groups attached to an aromatic ring is 1. The van der Waals surface area contributed by atoms with Crippen LogP contribution in [0.5, 0.6) is 0 Å². The van der Waals surface area contributed by atoms with Gasteiger partial charge in [0, 0.05) is 19.3 Å². The Morgan fingerprint density at radius 2 is 1.75 bits per heavy atom. The summed E-state index contributed by atoms with van der Waals surface area (Å²) in [5.74, 6) is 0. The van der Waals surface area contributed by atoms with E-state index in [0.717, 1.165) is 25.0 Å². The van der Waals surface area contributed by atoms with Gasteiger partial charge < -0.3 is 5.73 Å². The Morgan fingerprint density at radius 1 is 1.06 bits per heavy atom. The maximum Gasteiger partial charge on any atom is 0.0600 e. The summed E-state index contributed by atoms with van der Waals surface area (Å²) in [6, 6.07) is 13.6. The number of hydrogen-bond donors (Lipinski definition) is 1. The fourth-order valence-corrected chi connectivity index (χ4v) is 2.75. The lowest BCUT2D eigenvalue weighted by Crippen LogP contribution is -1.89. The van der Waals surface area contributed by atoms with E-state index >= 15 is 0 Å². The molecule has 2 aromatic carbocycles. The van der Waals surface area contributed by atoms with Gasteiger partial charge in [-0.3, -0.25) is 0 Å². The molecule has 16 heavy (non-hydrogen) atoms. The quantitative estimate of drug-likeness (QED) is 0.803. The molecule has 0 aliphatic heterocycles. The molecule has 0 unspecified atom stereocenters. The van der Waals surface area contributed by atoms with Crippen LogP contribution in [0.15, 0.2) is 56.7 Å². The highest BCUT2D eigenvalue weighted by molar-refractivity contribution is 9.10. The molecular weight excluding hydrogens is 306 g/mol. The normalized spacial score (nSPS) is 10.4. The highest BCUT2D eigenvalue weighted by Gasteiger charge is 2.04. The molecule has 82 valence electrons. The summed E-state index contributed by atoms with van der Waals surface area (Å²) in [6.07, 6.45) is 0. The minimum absolute atomic E-state index is 0.742. The molecule has 0 aromatic heterocycles. The standard InChI is InChI=1S/C12H9BrClNS/c13-10-2-1-3-11(12(10)15)16-9-6-4-8(14)5-7-9/h1-7H,15H2. The minimum atomic E-state index is 0.742. The molecule has 0 aliphatic rings. The van der Waals surface area contributed by atoms with Crippen LogP contribution in [-0.4, -0.2) is 0 Å². The van der Waals surface area contributed by atoms with E-state index in [1.165, 1.54) is 0 Å². The maximum absolute atomic E-state index is 5.97. The predicted octanol–water partition coefficient (Wildman–Crippen LogP) is 4.84. The van der Waals surface area contributed by atoms with Gasteiger partial charge in [-0.15, -0.1) is 0 Å². The van der Waals surface area contributed by atoms with Gasteiger partial charge in [-0.1, -0.05) is 29.4 Å². The molecule has 1 nitrogen and oxygen atoms in total. The van der Waals surface area contributed by atoms with E-state index in [2.05, 4.69) is 15.9 Å². The molecule has 2 aromatic rings. The number of benzene rings is 2. The van der Waals surface area contributed by atoms with E-state index in [1.807, 2.05) is 42.5 Å². The lowest BCUT2D eigenvalue weighted by atomic mass is 10.3. The number of halogens is 2. The molecular formula is C12H9BrClNS. The Bertz CT molecular complexity index is 499. The first kappa shape index (κ1) is 11.8. The first-order valence-corrected chi connectivity index (χ1v) is 6.63. The van der Waals surface area contributed by atoms with Crippen molar-refractivity contribution in [1.82, 2.24) is 0 Å². The van der Waals surface area contributed by atoms with Gasteiger partial charge in [0.1, 0.15) is 0 Å². The fourth-order valence-electron chi connectivity index (χ4n) is 1.24. The second kappa shape index (κ2) is 5.13. The van der Waals surface area contributed by atoms with Crippen molar-refractivity contribution in [2.75, 3.05) is 5.73 Å². The largest absolute Gasteiger partial charge is 0.397 e. The van der Waals surface area contributed by atoms with Crippen molar-refractivity contribution >= 4 is 45.0 Å². The number of anilines is 1. The third kappa shape index (κ3) is 2.73. The van der Waals surface area contributed by atoms with Crippen LogP contribution in [0, 0.1) is 0 Å². The van der Waals surface area contributed by atoms with Crippen LogP contribution in [0.25, 0.3) is 0 Å². The van der Waals surface area contributed by atoms with Crippen LogP contribution in [0.1, 0.15) is 0 Å². The van der Waals surface area contributed by atoms with Gasteiger partial charge in [0.2, 0.25) is 0 Å². The van der Waals surface area contributed by atoms with Crippen molar-refractivity contribution in [3.63, 3.8) is 0 Å². The Hall–Kier alpha value is -0.640. The van der Waals surface area contributed by atoms with Gasteiger partial charge >= 0.3 is 0 Å². The first-order chi connectivity index (χ1) is 7.66. The lowest BCUT2D eigenvalue weighted by Gasteiger charge is -2.06. The van der Waals surface area contributed by atoms with Crippen molar-refractivity contribution in [3.8, 4) is 0 Å². The molecule has 2 N–H and O–H groups in total. The molecule has 0 spiro atoms. The topological polar surface area (TPSA) is 26.0 Å². The van der Waals surface area contributed by atoms with Crippen molar-refractivity contribution < 1.29 is 0 Å². The van der Waals surface area contributed by atoms with Crippen molar-refractivity contribution in [3.05, 3.63) is 52.0 Å². The van der Waals surface area contributed by atoms with Crippen molar-refractivity contribution in [2.24, 2.45) is 0 Å². The third-order valence-corrected chi connectivity index (χ3v) is 4.08. The van der Waals surface area contributed by atoms with E-state index in [0.29, 0.717) is 0 Å². The van der Waals surface area contributed by atoms with Gasteiger partial charge in [-0.05, 0) is 52.3 Å². The summed E-state index contributed by atoms with van der Waals surface area (Å²) in [6.45, 7) is 0. The number of rotatable bonds is 2. The van der Waals surface area contributed by atoms with Crippen molar-refractivity contribution in [2.45, 2.75) is 9.79 Å². The first-order valence-electron chi connectivity index (χ1n) is 4.64. The summed E-state index contributed by atoms with van der Waals surface area (Å²) >= 11 is 10.9. The zero-order valence-electron chi connectivity index (χ0n) is 8.28. The molecule has 0 heterocycles. The van der Waals surface area contributed by atoms with Gasteiger partial charge in [0.05, 0.1) is 5.69 Å². The summed E-state index contributed by atoms with van der Waals surface area (Å²) in [7, 11) is 0. The van der Waals surface area contributed by atoms with Gasteiger partial charge in [0.15, 0.2) is 0 Å². The van der Waals surface area contributed by atoms with E-state index in [1.54, 1.807) is 11.8 Å². The molecule has 0 saturated heterocycles. The van der Waals surface area contributed by atoms with E-state index in [9.17, 15) is 0 Å². The minimum Gasteiger partial charge on any atom is -0.397 e. The fraction of sp³-hybridized carbons (Fsp3) is 0. The van der Waals surface area contributed by atoms with Gasteiger partial charge in [-0.2, -0.15) is 0 Å². The lowest BCUT2D eigenvalue weighted by molar-refractivity contribution is 1.40. The smallest absolute Gasteiger partial charge is 0.0600 e. The van der Waals surface area contributed by atoms with Crippen LogP contribution < -0.4 is 5.73 Å². The van der Waals surface area contributed by atoms with Crippen LogP contribution in [0.2, 0.25) is 5.02 Å². The van der Waals surface area contributed by atoms with Crippen LogP contribution in [-0.2, 0) is 0 Å². The Kier molecular flexibility index (Phi) is 3.79. The highest BCUT2D eigenvalue weighted by Crippen LogP contribution is 2.35. The van der Waals surface area contributed by atoms with E-state index in [-0.39, 0.29) is 0 Å². The molecule has 0 fully saturated rings. The molecule has 0 radical (unpaired) electrons. The Balaban J connectivity index is 2.27. The molecule has 4 heteroatoms. The number of para-hydroxylation sites is 1. The Labute approximate surface area is 112 Å². The average molecular weight is 315 g/mol. The molecule has 2 rings (SSSR count). The predicted molar refractivity (Wildman–Crippen MR) is 74.1 cm³/mol. The summed E-state index contributed by atoms with van der Waals surface area (Å²) in [4.78, 5) is 2.16. The third-order valence-electron chi connectivity index (χ3n) is 2.05. The van der Waals surface area contributed by atoms with Crippen LogP contribution >= 0.6 is 39.3 Å². The van der Waals surface area contributed by atoms with E-state index < -0.39 is 0 Å². The van der Waals surface area contributed by atoms with Crippen LogP contribution in [0.4, 0.5) is 5.69 Å².